The molecule has 14 heavy (non-hydrogen) atoms. The Labute approximate surface area is 114 Å². The Kier molecular flexibility index (Phi) is 9.58. The maximum atomic E-state index is 10.6. The van der Waals surface area contributed by atoms with Crippen LogP contribution in [-0.2, 0) is 14.9 Å². The molecule has 7 heteroatoms. The zero-order valence-corrected chi connectivity index (χ0v) is 8.60. The summed E-state index contributed by atoms with van der Waals surface area (Å²) in [5.41, 5.74) is 0. The van der Waals surface area contributed by atoms with Crippen molar-refractivity contribution in [3.8, 4) is 0 Å². The molecule has 0 saturated heterocycles. The molecule has 1 amide bonds. The average Bonchev–Trinajstić information content (AvgIpc) is 1.95. The molecule has 82 valence electrons. The fourth-order valence-electron chi connectivity index (χ4n) is 0.957. The summed E-state index contributed by atoms with van der Waals surface area (Å²) in [4.78, 5) is 10.6. The van der Waals surface area contributed by atoms with E-state index in [-0.39, 0.29) is 61.9 Å². The molecule has 0 saturated carbocycles. The van der Waals surface area contributed by atoms with E-state index in [9.17, 15) is 13.2 Å². The Morgan fingerprint density at radius 2 is 2.00 bits per heavy atom. The Hall–Kier alpha value is 0.640. The van der Waals surface area contributed by atoms with Gasteiger partial charge in [-0.1, -0.05) is 6.92 Å². The first-order valence-corrected chi connectivity index (χ1v) is 5.68. The first-order valence-electron chi connectivity index (χ1n) is 4.07. The minimum atomic E-state index is -3.92. The molecule has 0 heterocycles. The average molecular weight is 251 g/mol. The molecule has 0 aromatic rings. The molecule has 0 spiro atoms. The van der Waals surface area contributed by atoms with Crippen molar-refractivity contribution in [3.63, 3.8) is 0 Å². The number of rotatable bonds is 5. The number of nitrogens with one attached hydrogen (secondary N) is 1. The summed E-state index contributed by atoms with van der Waals surface area (Å²) in [6, 6.07) is -0.181. The quantitative estimate of drug-likeness (QED) is 0.498. The Bertz CT molecular complexity index is 265. The van der Waals surface area contributed by atoms with E-state index in [0.717, 1.165) is 0 Å². The summed E-state index contributed by atoms with van der Waals surface area (Å²) in [6.07, 6.45) is 0.893. The minimum absolute atomic E-state index is 0. The molecule has 0 aliphatic heterocycles. The molecule has 0 fully saturated rings. The van der Waals surface area contributed by atoms with Gasteiger partial charge in [-0.15, -0.1) is 0 Å². The summed E-state index contributed by atoms with van der Waals surface area (Å²) in [5.74, 6) is -0.506. The third kappa shape index (κ3) is 10.7. The van der Waals surface area contributed by atoms with Gasteiger partial charge in [0.05, 0.1) is 5.75 Å². The summed E-state index contributed by atoms with van der Waals surface area (Å²) < 4.78 is 29.2. The zero-order chi connectivity index (χ0) is 10.5. The van der Waals surface area contributed by atoms with Crippen molar-refractivity contribution < 1.29 is 17.8 Å². The molecule has 0 aromatic carbocycles. The van der Waals surface area contributed by atoms with Crippen LogP contribution in [0.25, 0.3) is 0 Å². The molecule has 0 rings (SSSR count). The van der Waals surface area contributed by atoms with E-state index in [1.165, 1.54) is 6.92 Å². The second-order valence-electron chi connectivity index (χ2n) is 2.88. The molecule has 0 radical (unpaired) electrons. The van der Waals surface area contributed by atoms with Gasteiger partial charge >= 0.3 is 37.7 Å². The number of amides is 1. The van der Waals surface area contributed by atoms with Gasteiger partial charge in [-0.2, -0.15) is 8.42 Å². The first kappa shape index (κ1) is 17.0. The van der Waals surface area contributed by atoms with Gasteiger partial charge in [0, 0.05) is 13.0 Å². The van der Waals surface area contributed by atoms with E-state index in [1.807, 2.05) is 6.92 Å². The third-order valence-corrected chi connectivity index (χ3v) is 2.38. The van der Waals surface area contributed by atoms with E-state index >= 15 is 0 Å². The first-order chi connectivity index (χ1) is 5.85. The number of carbonyl (C=O) groups excluding carboxylic acids is 1. The third-order valence-electron chi connectivity index (χ3n) is 1.62. The van der Waals surface area contributed by atoms with E-state index in [1.54, 1.807) is 0 Å². The van der Waals surface area contributed by atoms with Crippen LogP contribution in [0.1, 0.15) is 26.7 Å². The van der Waals surface area contributed by atoms with Crippen molar-refractivity contribution in [1.82, 2.24) is 5.32 Å². The number of hydrogen-bond donors (Lipinski definition) is 2. The molecule has 0 aromatic heterocycles. The van der Waals surface area contributed by atoms with Crippen LogP contribution in [0.4, 0.5) is 0 Å². The van der Waals surface area contributed by atoms with Gasteiger partial charge in [0.25, 0.3) is 10.1 Å². The second kappa shape index (κ2) is 7.87. The monoisotopic (exact) mass is 251 g/mol. The van der Waals surface area contributed by atoms with Crippen LogP contribution >= 0.6 is 0 Å². The van der Waals surface area contributed by atoms with Gasteiger partial charge in [0.15, 0.2) is 0 Å². The predicted molar refractivity (Wildman–Crippen MR) is 57.5 cm³/mol. The Morgan fingerprint density at radius 3 is 2.29 bits per heavy atom. The summed E-state index contributed by atoms with van der Waals surface area (Å²) in [6.45, 7) is 3.21. The van der Waals surface area contributed by atoms with E-state index in [2.05, 4.69) is 5.32 Å². The van der Waals surface area contributed by atoms with Crippen molar-refractivity contribution in [1.29, 1.82) is 0 Å². The number of hydrogen-bond acceptors (Lipinski definition) is 3. The van der Waals surface area contributed by atoms with Crippen LogP contribution in [-0.4, -0.2) is 68.4 Å². The van der Waals surface area contributed by atoms with Gasteiger partial charge in [-0.3, -0.25) is 9.35 Å². The summed E-state index contributed by atoms with van der Waals surface area (Å²) in [5, 5.41) is 2.59. The van der Waals surface area contributed by atoms with Crippen molar-refractivity contribution in [2.45, 2.75) is 32.7 Å². The van der Waals surface area contributed by atoms with Crippen LogP contribution in [0.15, 0.2) is 0 Å². The van der Waals surface area contributed by atoms with Gasteiger partial charge < -0.3 is 5.32 Å². The predicted octanol–water partition coefficient (Wildman–Crippen LogP) is -0.737. The molecular weight excluding hydrogens is 234 g/mol. The van der Waals surface area contributed by atoms with E-state index in [0.29, 0.717) is 6.42 Å². The molecule has 1 atom stereocenters. The normalized spacial score (nSPS) is 12.8. The van der Waals surface area contributed by atoms with Crippen LogP contribution in [0.2, 0.25) is 0 Å². The fraction of sp³-hybridized carbons (Fsp3) is 0.857. The standard InChI is InChI=1S/C7H15NO4S.Ca.2H/c1-3-7(8-6(2)9)4-5-13(10,11)12;;;/h7H,3-5H2,1-2H3,(H,8,9)(H,10,11,12);;;. The van der Waals surface area contributed by atoms with E-state index < -0.39 is 10.1 Å². The van der Waals surface area contributed by atoms with Gasteiger partial charge in [-0.05, 0) is 12.8 Å². The Balaban J connectivity index is 0. The molecule has 1 unspecified atom stereocenters. The van der Waals surface area contributed by atoms with Crippen LogP contribution in [0, 0.1) is 0 Å². The van der Waals surface area contributed by atoms with Gasteiger partial charge in [-0.25, -0.2) is 0 Å². The molecule has 0 aliphatic rings. The zero-order valence-electron chi connectivity index (χ0n) is 7.78. The molecular formula is C7H17CaNO4S. The van der Waals surface area contributed by atoms with Gasteiger partial charge in [0.2, 0.25) is 5.91 Å². The van der Waals surface area contributed by atoms with Crippen molar-refractivity contribution in [2.24, 2.45) is 0 Å². The SMILES string of the molecule is CCC(CCS(=O)(=O)O)NC(C)=O.[CaH2]. The van der Waals surface area contributed by atoms with Gasteiger partial charge in [0.1, 0.15) is 0 Å². The molecule has 5 nitrogen and oxygen atoms in total. The van der Waals surface area contributed by atoms with Crippen molar-refractivity contribution >= 4 is 53.8 Å². The summed E-state index contributed by atoms with van der Waals surface area (Å²) >= 11 is 0. The number of carbonyl (C=O) groups is 1. The Morgan fingerprint density at radius 1 is 1.50 bits per heavy atom. The van der Waals surface area contributed by atoms with Crippen LogP contribution in [0.3, 0.4) is 0 Å². The van der Waals surface area contributed by atoms with Crippen molar-refractivity contribution in [2.75, 3.05) is 5.75 Å². The fourth-order valence-corrected chi connectivity index (χ4v) is 1.54. The molecule has 0 bridgehead atoms. The summed E-state index contributed by atoms with van der Waals surface area (Å²) in [7, 11) is -3.92. The van der Waals surface area contributed by atoms with Crippen LogP contribution < -0.4 is 5.32 Å². The van der Waals surface area contributed by atoms with Crippen LogP contribution in [0.5, 0.6) is 0 Å². The second-order valence-corrected chi connectivity index (χ2v) is 4.45. The molecule has 2 N–H and O–H groups in total. The van der Waals surface area contributed by atoms with E-state index in [4.69, 9.17) is 4.55 Å². The van der Waals surface area contributed by atoms with Crippen molar-refractivity contribution in [3.05, 3.63) is 0 Å². The topological polar surface area (TPSA) is 83.5 Å². The molecule has 0 aliphatic carbocycles. The maximum absolute atomic E-state index is 10.6.